The van der Waals surface area contributed by atoms with Gasteiger partial charge in [-0.25, -0.2) is 9.78 Å². The van der Waals surface area contributed by atoms with E-state index in [4.69, 9.17) is 15.2 Å². The number of carbonyl (C=O) groups is 1. The summed E-state index contributed by atoms with van der Waals surface area (Å²) in [4.78, 5) is 21.4. The number of pyridine rings is 1. The minimum atomic E-state index is -5.17. The zero-order chi connectivity index (χ0) is 36.1. The van der Waals surface area contributed by atoms with Gasteiger partial charge >= 0.3 is 24.6 Å². The van der Waals surface area contributed by atoms with E-state index in [-0.39, 0.29) is 36.9 Å². The highest BCUT2D eigenvalue weighted by Crippen LogP contribution is 2.44. The summed E-state index contributed by atoms with van der Waals surface area (Å²) in [5.41, 5.74) is 0.496. The van der Waals surface area contributed by atoms with Gasteiger partial charge in [0.1, 0.15) is 12.3 Å². The molecular formula is C29H33F9N8O3. The minimum absolute atomic E-state index is 0.0522. The molecule has 3 heterocycles. The molecule has 2 aliphatic rings. The fourth-order valence-electron chi connectivity index (χ4n) is 5.58. The zero-order valence-electron chi connectivity index (χ0n) is 26.2. The molecule has 0 saturated carbocycles. The molecule has 1 amide bonds. The van der Waals surface area contributed by atoms with E-state index >= 15 is 0 Å². The molecule has 0 aliphatic carbocycles. The summed E-state index contributed by atoms with van der Waals surface area (Å²) >= 11 is 0. The van der Waals surface area contributed by atoms with E-state index in [1.165, 1.54) is 7.05 Å². The fraction of sp³-hybridized carbons (Fsp3) is 0.552. The number of morpholine rings is 1. The maximum absolute atomic E-state index is 13.9. The summed E-state index contributed by atoms with van der Waals surface area (Å²) < 4.78 is 135. The third-order valence-corrected chi connectivity index (χ3v) is 7.94. The second kappa shape index (κ2) is 15.1. The van der Waals surface area contributed by atoms with Gasteiger partial charge in [0, 0.05) is 32.2 Å². The van der Waals surface area contributed by atoms with Crippen LogP contribution in [0.5, 0.6) is 0 Å². The second-order valence-corrected chi connectivity index (χ2v) is 11.1. The molecule has 20 heteroatoms. The normalized spacial score (nSPS) is 19.7. The summed E-state index contributed by atoms with van der Waals surface area (Å²) in [6, 6.07) is 0.399. The molecule has 1 aromatic carbocycles. The van der Waals surface area contributed by atoms with Crippen LogP contribution in [0.3, 0.4) is 0 Å². The molecule has 270 valence electrons. The number of nitrogens with zero attached hydrogens (tertiary/aromatic N) is 7. The van der Waals surface area contributed by atoms with Gasteiger partial charge in [-0.1, -0.05) is 12.0 Å². The standard InChI is InChI=1S/C29H33F9N8O3/c1-3-20-15-22(45(25(39)42-43-40-2)16-17-12-18(27(30,31)32)14-19(13-17)28(33,34)35)24-21(4-5-23(41-24)29(36,37)38)46(20)26(47)49-11-8-44-6-9-48-10-7-44/h4-5,12-14,20,22H,3,6-11,15-16H2,1-2H3,(H2,39,40,42)/t20-,22+/m1/s1. The van der Waals surface area contributed by atoms with Crippen molar-refractivity contribution in [3.63, 3.8) is 0 Å². The van der Waals surface area contributed by atoms with E-state index in [2.05, 4.69) is 20.4 Å². The molecule has 2 aliphatic heterocycles. The monoisotopic (exact) mass is 712 g/mol. The molecule has 0 spiro atoms. The quantitative estimate of drug-likeness (QED) is 0.110. The van der Waals surface area contributed by atoms with E-state index in [9.17, 15) is 44.3 Å². The summed E-state index contributed by atoms with van der Waals surface area (Å²) in [6.07, 6.45) is -16.2. The predicted octanol–water partition coefficient (Wildman–Crippen LogP) is 6.45. The van der Waals surface area contributed by atoms with Crippen LogP contribution in [0.25, 0.3) is 0 Å². The molecule has 2 N–H and O–H groups in total. The Hall–Kier alpha value is -4.20. The summed E-state index contributed by atoms with van der Waals surface area (Å²) in [5.74, 6) is -0.594. The summed E-state index contributed by atoms with van der Waals surface area (Å²) in [6.45, 7) is 3.41. The number of amides is 1. The van der Waals surface area contributed by atoms with Crippen molar-refractivity contribution in [3.8, 4) is 0 Å². The highest BCUT2D eigenvalue weighted by atomic mass is 19.4. The Kier molecular flexibility index (Phi) is 11.6. The van der Waals surface area contributed by atoms with E-state index in [1.54, 1.807) is 6.92 Å². The van der Waals surface area contributed by atoms with Crippen molar-refractivity contribution in [2.75, 3.05) is 51.4 Å². The molecule has 0 unspecified atom stereocenters. The van der Waals surface area contributed by atoms with Gasteiger partial charge in [0.2, 0.25) is 5.96 Å². The van der Waals surface area contributed by atoms with E-state index < -0.39 is 71.6 Å². The SMILES string of the molecule is CC[C@@H]1C[C@H](N(Cc2cc(C(F)(F)F)cc(C(F)(F)F)c2)C(N)=NN=NC)c2nc(C(F)(F)F)ccc2N1C(=O)OCCN1CCOCC1. The largest absolute Gasteiger partial charge is 0.448 e. The Labute approximate surface area is 274 Å². The van der Waals surface area contributed by atoms with Gasteiger partial charge in [0.05, 0.1) is 48.8 Å². The van der Waals surface area contributed by atoms with Crippen molar-refractivity contribution < 1.29 is 53.8 Å². The van der Waals surface area contributed by atoms with Gasteiger partial charge in [-0.05, 0) is 54.0 Å². The number of ether oxygens (including phenoxy) is 2. The number of hydrogen-bond acceptors (Lipinski definition) is 7. The van der Waals surface area contributed by atoms with Crippen molar-refractivity contribution in [1.82, 2.24) is 14.8 Å². The first-order valence-electron chi connectivity index (χ1n) is 15.0. The highest BCUT2D eigenvalue weighted by molar-refractivity contribution is 5.90. The average molecular weight is 713 g/mol. The third kappa shape index (κ3) is 9.28. The number of halogens is 9. The Balaban J connectivity index is 1.81. The van der Waals surface area contributed by atoms with Crippen molar-refractivity contribution in [3.05, 3.63) is 58.4 Å². The number of alkyl halides is 9. The van der Waals surface area contributed by atoms with Gasteiger partial charge in [-0.2, -0.15) is 44.6 Å². The van der Waals surface area contributed by atoms with Crippen LogP contribution in [-0.4, -0.2) is 79.4 Å². The number of fused-ring (bicyclic) bond motifs is 1. The van der Waals surface area contributed by atoms with Crippen LogP contribution >= 0.6 is 0 Å². The zero-order valence-corrected chi connectivity index (χ0v) is 26.2. The van der Waals surface area contributed by atoms with Crippen LogP contribution in [0.2, 0.25) is 0 Å². The van der Waals surface area contributed by atoms with Crippen LogP contribution in [0.15, 0.2) is 45.8 Å². The third-order valence-electron chi connectivity index (χ3n) is 7.94. The molecule has 2 atom stereocenters. The maximum Gasteiger partial charge on any atom is 0.433 e. The van der Waals surface area contributed by atoms with Crippen molar-refractivity contribution >= 4 is 17.7 Å². The molecular weight excluding hydrogens is 679 g/mol. The Morgan fingerprint density at radius 2 is 1.65 bits per heavy atom. The van der Waals surface area contributed by atoms with Gasteiger partial charge in [-0.15, -0.1) is 0 Å². The molecule has 49 heavy (non-hydrogen) atoms. The number of benzene rings is 1. The lowest BCUT2D eigenvalue weighted by Crippen LogP contribution is -2.50. The molecule has 1 aromatic heterocycles. The molecule has 0 bridgehead atoms. The van der Waals surface area contributed by atoms with Gasteiger partial charge in [0.15, 0.2) is 0 Å². The Morgan fingerprint density at radius 1 is 1.02 bits per heavy atom. The topological polar surface area (TPSA) is 121 Å². The number of nitrogens with two attached hydrogens (primary N) is 1. The number of anilines is 1. The van der Waals surface area contributed by atoms with Crippen LogP contribution < -0.4 is 10.6 Å². The van der Waals surface area contributed by atoms with Crippen molar-refractivity contribution in [1.29, 1.82) is 0 Å². The molecule has 0 radical (unpaired) electrons. The van der Waals surface area contributed by atoms with Gasteiger partial charge in [0.25, 0.3) is 0 Å². The van der Waals surface area contributed by atoms with Gasteiger partial charge < -0.3 is 20.1 Å². The van der Waals surface area contributed by atoms with Crippen molar-refractivity contribution in [2.24, 2.45) is 21.2 Å². The second-order valence-electron chi connectivity index (χ2n) is 11.1. The average Bonchev–Trinajstić information content (AvgIpc) is 3.04. The number of aromatic nitrogens is 1. The molecule has 1 saturated heterocycles. The molecule has 2 aromatic rings. The number of guanidine groups is 1. The molecule has 4 rings (SSSR count). The van der Waals surface area contributed by atoms with E-state index in [0.29, 0.717) is 51.0 Å². The van der Waals surface area contributed by atoms with Crippen LogP contribution in [0.4, 0.5) is 50.0 Å². The maximum atomic E-state index is 13.9. The van der Waals surface area contributed by atoms with Gasteiger partial charge in [-0.3, -0.25) is 9.80 Å². The first kappa shape index (κ1) is 37.6. The number of rotatable bonds is 8. The molecule has 11 nitrogen and oxygen atoms in total. The predicted molar refractivity (Wildman–Crippen MR) is 156 cm³/mol. The van der Waals surface area contributed by atoms with Crippen LogP contribution in [0.1, 0.15) is 53.9 Å². The minimum Gasteiger partial charge on any atom is -0.448 e. The van der Waals surface area contributed by atoms with Crippen LogP contribution in [0, 0.1) is 0 Å². The summed E-state index contributed by atoms with van der Waals surface area (Å²) in [5, 5.41) is 10.5. The van der Waals surface area contributed by atoms with Crippen LogP contribution in [-0.2, 0) is 34.5 Å². The lowest BCUT2D eigenvalue weighted by Gasteiger charge is -2.43. The number of hydrogen-bond donors (Lipinski definition) is 1. The number of carbonyl (C=O) groups excluding carboxylic acids is 1. The lowest BCUT2D eigenvalue weighted by molar-refractivity contribution is -0.143. The first-order chi connectivity index (χ1) is 22.9. The smallest absolute Gasteiger partial charge is 0.433 e. The highest BCUT2D eigenvalue weighted by Gasteiger charge is 2.43. The fourth-order valence-corrected chi connectivity index (χ4v) is 5.58. The lowest BCUT2D eigenvalue weighted by atomic mass is 9.91. The molecule has 1 fully saturated rings. The van der Waals surface area contributed by atoms with Crippen molar-refractivity contribution in [2.45, 2.75) is 56.9 Å². The summed E-state index contributed by atoms with van der Waals surface area (Å²) in [7, 11) is 1.20. The first-order valence-corrected chi connectivity index (χ1v) is 15.0. The Morgan fingerprint density at radius 3 is 2.20 bits per heavy atom. The van der Waals surface area contributed by atoms with E-state index in [0.717, 1.165) is 15.9 Å². The Bertz CT molecular complexity index is 1490. The van der Waals surface area contributed by atoms with E-state index in [1.807, 2.05) is 4.90 Å².